The van der Waals surface area contributed by atoms with Crippen molar-refractivity contribution in [3.05, 3.63) is 17.5 Å². The Hall–Kier alpha value is 0.01000. The van der Waals surface area contributed by atoms with Gasteiger partial charge in [0.1, 0.15) is 0 Å². The van der Waals surface area contributed by atoms with Gasteiger partial charge in [-0.2, -0.15) is 0 Å². The van der Waals surface area contributed by atoms with Crippen LogP contribution in [-0.4, -0.2) is 18.3 Å². The minimum Gasteiger partial charge on any atom is -0.316 e. The lowest BCUT2D eigenvalue weighted by molar-refractivity contribution is 0.539. The molecule has 15 heavy (non-hydrogen) atoms. The summed E-state index contributed by atoms with van der Waals surface area (Å²) in [5.74, 6) is 0.803. The molecule has 0 fully saturated rings. The maximum Gasteiger partial charge on any atom is 0.0601 e. The maximum absolute atomic E-state index is 3.51. The second-order valence-corrected chi connectivity index (χ2v) is 6.93. The lowest BCUT2D eigenvalue weighted by Gasteiger charge is -2.12. The maximum atomic E-state index is 3.51. The SMILES string of the molecule is CC(C)CCNCC(C)Sc1cccs1. The van der Waals surface area contributed by atoms with Crippen LogP contribution >= 0.6 is 23.1 Å². The molecular formula is C12H21NS2. The van der Waals surface area contributed by atoms with E-state index in [-0.39, 0.29) is 0 Å². The molecule has 1 atom stereocenters. The molecule has 0 saturated heterocycles. The molecule has 1 nitrogen and oxygen atoms in total. The third-order valence-electron chi connectivity index (χ3n) is 2.14. The minimum atomic E-state index is 0.663. The van der Waals surface area contributed by atoms with Gasteiger partial charge >= 0.3 is 0 Å². The van der Waals surface area contributed by atoms with E-state index < -0.39 is 0 Å². The van der Waals surface area contributed by atoms with Gasteiger partial charge in [0, 0.05) is 11.8 Å². The summed E-state index contributed by atoms with van der Waals surface area (Å²) in [5, 5.41) is 6.32. The van der Waals surface area contributed by atoms with Gasteiger partial charge in [0.15, 0.2) is 0 Å². The number of hydrogen-bond donors (Lipinski definition) is 1. The number of thioether (sulfide) groups is 1. The molecule has 1 aromatic rings. The van der Waals surface area contributed by atoms with Crippen molar-refractivity contribution in [1.82, 2.24) is 5.32 Å². The van der Waals surface area contributed by atoms with Crippen LogP contribution in [0.5, 0.6) is 0 Å². The minimum absolute atomic E-state index is 0.663. The highest BCUT2D eigenvalue weighted by Crippen LogP contribution is 2.27. The van der Waals surface area contributed by atoms with Crippen molar-refractivity contribution in [2.24, 2.45) is 5.92 Å². The third-order valence-corrected chi connectivity index (χ3v) is 4.32. The van der Waals surface area contributed by atoms with Crippen molar-refractivity contribution in [1.29, 1.82) is 0 Å². The molecule has 1 unspecified atom stereocenters. The van der Waals surface area contributed by atoms with Crippen molar-refractivity contribution in [3.8, 4) is 0 Å². The van der Waals surface area contributed by atoms with Crippen LogP contribution in [-0.2, 0) is 0 Å². The van der Waals surface area contributed by atoms with Crippen LogP contribution in [0.25, 0.3) is 0 Å². The van der Waals surface area contributed by atoms with Crippen LogP contribution < -0.4 is 5.32 Å². The Morgan fingerprint density at radius 3 is 2.80 bits per heavy atom. The third kappa shape index (κ3) is 6.23. The number of nitrogens with one attached hydrogen (secondary N) is 1. The van der Waals surface area contributed by atoms with Gasteiger partial charge in [-0.25, -0.2) is 0 Å². The zero-order valence-corrected chi connectivity index (χ0v) is 11.5. The molecule has 0 amide bonds. The first-order valence-corrected chi connectivity index (χ1v) is 7.35. The Bertz CT molecular complexity index is 244. The van der Waals surface area contributed by atoms with E-state index in [0.29, 0.717) is 5.25 Å². The van der Waals surface area contributed by atoms with Gasteiger partial charge in [-0.05, 0) is 30.3 Å². The molecule has 0 radical (unpaired) electrons. The first kappa shape index (κ1) is 13.1. The Kier molecular flexibility index (Phi) is 6.37. The normalized spacial score (nSPS) is 13.3. The smallest absolute Gasteiger partial charge is 0.0601 e. The fourth-order valence-corrected chi connectivity index (χ4v) is 3.35. The van der Waals surface area contributed by atoms with E-state index in [9.17, 15) is 0 Å². The molecule has 0 saturated carbocycles. The van der Waals surface area contributed by atoms with Gasteiger partial charge in [0.2, 0.25) is 0 Å². The monoisotopic (exact) mass is 243 g/mol. The summed E-state index contributed by atoms with van der Waals surface area (Å²) in [4.78, 5) is 0. The van der Waals surface area contributed by atoms with Crippen molar-refractivity contribution in [3.63, 3.8) is 0 Å². The first-order valence-electron chi connectivity index (χ1n) is 5.59. The van der Waals surface area contributed by atoms with Crippen LogP contribution in [0.1, 0.15) is 27.2 Å². The van der Waals surface area contributed by atoms with Crippen LogP contribution in [0.4, 0.5) is 0 Å². The average Bonchev–Trinajstić information content (AvgIpc) is 2.64. The summed E-state index contributed by atoms with van der Waals surface area (Å²) in [7, 11) is 0. The van der Waals surface area contributed by atoms with Gasteiger partial charge in [-0.3, -0.25) is 0 Å². The van der Waals surface area contributed by atoms with Crippen LogP contribution in [0.15, 0.2) is 21.7 Å². The van der Waals surface area contributed by atoms with Crippen molar-refractivity contribution in [2.75, 3.05) is 13.1 Å². The Morgan fingerprint density at radius 2 is 2.20 bits per heavy atom. The summed E-state index contributed by atoms with van der Waals surface area (Å²) in [5.41, 5.74) is 0. The second-order valence-electron chi connectivity index (χ2n) is 4.25. The van der Waals surface area contributed by atoms with Gasteiger partial charge in [-0.15, -0.1) is 23.1 Å². The average molecular weight is 243 g/mol. The molecule has 1 heterocycles. The van der Waals surface area contributed by atoms with Gasteiger partial charge in [-0.1, -0.05) is 26.8 Å². The number of hydrogen-bond acceptors (Lipinski definition) is 3. The molecule has 0 spiro atoms. The molecule has 1 N–H and O–H groups in total. The summed E-state index contributed by atoms with van der Waals surface area (Å²) in [6.07, 6.45) is 1.27. The lowest BCUT2D eigenvalue weighted by atomic mass is 10.1. The molecule has 1 aromatic heterocycles. The van der Waals surface area contributed by atoms with Gasteiger partial charge in [0.05, 0.1) is 4.21 Å². The van der Waals surface area contributed by atoms with Crippen molar-refractivity contribution >= 4 is 23.1 Å². The fraction of sp³-hybridized carbons (Fsp3) is 0.667. The van der Waals surface area contributed by atoms with E-state index in [4.69, 9.17) is 0 Å². The van der Waals surface area contributed by atoms with Gasteiger partial charge in [0.25, 0.3) is 0 Å². The van der Waals surface area contributed by atoms with Crippen LogP contribution in [0, 0.1) is 5.92 Å². The highest BCUT2D eigenvalue weighted by molar-refractivity contribution is 8.01. The molecule has 3 heteroatoms. The van der Waals surface area contributed by atoms with E-state index in [1.165, 1.54) is 10.6 Å². The molecule has 0 bridgehead atoms. The number of thiophene rings is 1. The molecule has 0 aliphatic rings. The zero-order valence-electron chi connectivity index (χ0n) is 9.82. The topological polar surface area (TPSA) is 12.0 Å². The Balaban J connectivity index is 2.06. The van der Waals surface area contributed by atoms with Crippen LogP contribution in [0.2, 0.25) is 0 Å². The Labute approximate surface area is 102 Å². The predicted molar refractivity (Wildman–Crippen MR) is 72.0 cm³/mol. The molecular weight excluding hydrogens is 222 g/mol. The molecule has 1 rings (SSSR count). The summed E-state index contributed by atoms with van der Waals surface area (Å²) < 4.78 is 1.42. The lowest BCUT2D eigenvalue weighted by Crippen LogP contribution is -2.24. The fourth-order valence-electron chi connectivity index (χ4n) is 1.27. The highest BCUT2D eigenvalue weighted by Gasteiger charge is 2.04. The molecule has 0 aliphatic carbocycles. The number of rotatable bonds is 7. The molecule has 0 aromatic carbocycles. The van der Waals surface area contributed by atoms with E-state index in [1.807, 2.05) is 23.1 Å². The van der Waals surface area contributed by atoms with Crippen molar-refractivity contribution < 1.29 is 0 Å². The Morgan fingerprint density at radius 1 is 1.40 bits per heavy atom. The molecule has 86 valence electrons. The highest BCUT2D eigenvalue weighted by atomic mass is 32.2. The summed E-state index contributed by atoms with van der Waals surface area (Å²) >= 11 is 3.80. The second kappa shape index (κ2) is 7.31. The molecule has 0 aliphatic heterocycles. The van der Waals surface area contributed by atoms with Gasteiger partial charge < -0.3 is 5.32 Å². The van der Waals surface area contributed by atoms with Crippen LogP contribution in [0.3, 0.4) is 0 Å². The first-order chi connectivity index (χ1) is 7.18. The van der Waals surface area contributed by atoms with Crippen molar-refractivity contribution in [2.45, 2.75) is 36.7 Å². The van der Waals surface area contributed by atoms with E-state index in [2.05, 4.69) is 43.6 Å². The van der Waals surface area contributed by atoms with E-state index in [0.717, 1.165) is 19.0 Å². The summed E-state index contributed by atoms with van der Waals surface area (Å²) in [6, 6.07) is 4.31. The quantitative estimate of drug-likeness (QED) is 0.576. The van der Waals surface area contributed by atoms with E-state index in [1.54, 1.807) is 0 Å². The largest absolute Gasteiger partial charge is 0.316 e. The van der Waals surface area contributed by atoms with E-state index >= 15 is 0 Å². The predicted octanol–water partition coefficient (Wildman–Crippen LogP) is 3.86. The standard InChI is InChI=1S/C12H21NS2/c1-10(2)6-7-13-9-11(3)15-12-5-4-8-14-12/h4-5,8,10-11,13H,6-7,9H2,1-3H3. The summed E-state index contributed by atoms with van der Waals surface area (Å²) in [6.45, 7) is 9.08. The zero-order chi connectivity index (χ0) is 11.1.